The Labute approximate surface area is 132 Å². The Hall–Kier alpha value is -1.44. The molecule has 0 aliphatic heterocycles. The highest BCUT2D eigenvalue weighted by atomic mass is 79.9. The first-order valence-corrected chi connectivity index (χ1v) is 8.59. The molecule has 3 N–H and O–H groups in total. The molecule has 5 nitrogen and oxygen atoms in total. The molecule has 0 saturated carbocycles. The molecule has 1 aromatic heterocycles. The van der Waals surface area contributed by atoms with Gasteiger partial charge in [-0.2, -0.15) is 0 Å². The summed E-state index contributed by atoms with van der Waals surface area (Å²) in [7, 11) is -3.65. The number of rotatable bonds is 4. The van der Waals surface area contributed by atoms with Gasteiger partial charge in [-0.05, 0) is 59.6 Å². The van der Waals surface area contributed by atoms with Crippen molar-refractivity contribution in [2.24, 2.45) is 5.73 Å². The van der Waals surface area contributed by atoms with E-state index in [1.807, 2.05) is 6.92 Å². The van der Waals surface area contributed by atoms with Crippen molar-refractivity contribution in [3.63, 3.8) is 0 Å². The lowest BCUT2D eigenvalue weighted by atomic mass is 10.1. The molecule has 2 aromatic rings. The number of anilines is 1. The highest BCUT2D eigenvalue weighted by Gasteiger charge is 2.15. The van der Waals surface area contributed by atoms with Gasteiger partial charge in [0.2, 0.25) is 0 Å². The molecule has 0 spiro atoms. The number of hydrogen-bond donors (Lipinski definition) is 2. The Balaban J connectivity index is 2.27. The van der Waals surface area contributed by atoms with E-state index >= 15 is 0 Å². The summed E-state index contributed by atoms with van der Waals surface area (Å²) in [4.78, 5) is 4.35. The normalized spacial score (nSPS) is 13.0. The first-order valence-electron chi connectivity index (χ1n) is 6.31. The SMILES string of the molecule is Cc1nc(NS(=O)(=O)c2ccc(C(C)N)cc2)ccc1Br. The van der Waals surface area contributed by atoms with E-state index in [9.17, 15) is 8.42 Å². The van der Waals surface area contributed by atoms with Crippen LogP contribution in [0.4, 0.5) is 5.82 Å². The zero-order valence-electron chi connectivity index (χ0n) is 11.7. The van der Waals surface area contributed by atoms with Crippen LogP contribution >= 0.6 is 15.9 Å². The van der Waals surface area contributed by atoms with Crippen molar-refractivity contribution in [1.29, 1.82) is 0 Å². The van der Waals surface area contributed by atoms with Crippen LogP contribution < -0.4 is 10.5 Å². The number of pyridine rings is 1. The monoisotopic (exact) mass is 369 g/mol. The minimum absolute atomic E-state index is 0.134. The highest BCUT2D eigenvalue weighted by Crippen LogP contribution is 2.20. The maximum Gasteiger partial charge on any atom is 0.263 e. The average Bonchev–Trinajstić information content (AvgIpc) is 2.43. The zero-order chi connectivity index (χ0) is 15.6. The maximum atomic E-state index is 12.3. The third-order valence-corrected chi connectivity index (χ3v) is 5.19. The number of hydrogen-bond acceptors (Lipinski definition) is 4. The second-order valence-corrected chi connectivity index (χ2v) is 7.26. The molecule has 0 amide bonds. The lowest BCUT2D eigenvalue weighted by Gasteiger charge is -2.10. The van der Waals surface area contributed by atoms with Gasteiger partial charge in [0.25, 0.3) is 10.0 Å². The van der Waals surface area contributed by atoms with Gasteiger partial charge in [-0.15, -0.1) is 0 Å². The third-order valence-electron chi connectivity index (χ3n) is 2.98. The van der Waals surface area contributed by atoms with Gasteiger partial charge in [0.15, 0.2) is 0 Å². The van der Waals surface area contributed by atoms with Crippen LogP contribution in [0, 0.1) is 6.92 Å². The van der Waals surface area contributed by atoms with E-state index < -0.39 is 10.0 Å². The van der Waals surface area contributed by atoms with Crippen molar-refractivity contribution >= 4 is 31.8 Å². The number of nitrogens with one attached hydrogen (secondary N) is 1. The molecule has 0 saturated heterocycles. The van der Waals surface area contributed by atoms with E-state index in [0.29, 0.717) is 5.69 Å². The Morgan fingerprint density at radius 2 is 1.81 bits per heavy atom. The molecule has 1 unspecified atom stereocenters. The van der Waals surface area contributed by atoms with Crippen molar-refractivity contribution in [1.82, 2.24) is 4.98 Å². The maximum absolute atomic E-state index is 12.3. The minimum atomic E-state index is -3.65. The lowest BCUT2D eigenvalue weighted by Crippen LogP contribution is -2.14. The summed E-state index contributed by atoms with van der Waals surface area (Å²) in [6.07, 6.45) is 0. The van der Waals surface area contributed by atoms with Gasteiger partial charge >= 0.3 is 0 Å². The second-order valence-electron chi connectivity index (χ2n) is 4.73. The summed E-state index contributed by atoms with van der Waals surface area (Å²) in [5.41, 5.74) is 7.34. The summed E-state index contributed by atoms with van der Waals surface area (Å²) in [5.74, 6) is 0.284. The van der Waals surface area contributed by atoms with Crippen LogP contribution in [0.1, 0.15) is 24.2 Å². The standard InChI is InChI=1S/C14H16BrN3O2S/c1-9(16)11-3-5-12(6-4-11)21(19,20)18-14-8-7-13(15)10(2)17-14/h3-9H,16H2,1-2H3,(H,17,18). The van der Waals surface area contributed by atoms with E-state index in [1.54, 1.807) is 31.2 Å². The largest absolute Gasteiger partial charge is 0.324 e. The molecule has 7 heteroatoms. The molecule has 1 atom stereocenters. The van der Waals surface area contributed by atoms with Crippen LogP contribution in [0.2, 0.25) is 0 Å². The second kappa shape index (κ2) is 6.13. The number of aromatic nitrogens is 1. The molecule has 1 heterocycles. The number of benzene rings is 1. The predicted molar refractivity (Wildman–Crippen MR) is 86.5 cm³/mol. The van der Waals surface area contributed by atoms with Crippen molar-refractivity contribution in [2.75, 3.05) is 4.72 Å². The summed E-state index contributed by atoms with van der Waals surface area (Å²) in [6.45, 7) is 3.63. The molecule has 1 aromatic carbocycles. The molecule has 21 heavy (non-hydrogen) atoms. The number of sulfonamides is 1. The smallest absolute Gasteiger partial charge is 0.263 e. The molecule has 2 rings (SSSR count). The van der Waals surface area contributed by atoms with Crippen LogP contribution in [0.15, 0.2) is 45.8 Å². The van der Waals surface area contributed by atoms with Gasteiger partial charge in [-0.3, -0.25) is 4.72 Å². The average molecular weight is 370 g/mol. The molecule has 0 bridgehead atoms. The Morgan fingerprint density at radius 3 is 2.33 bits per heavy atom. The Kier molecular flexibility index (Phi) is 4.65. The first kappa shape index (κ1) is 15.9. The van der Waals surface area contributed by atoms with Crippen molar-refractivity contribution in [2.45, 2.75) is 24.8 Å². The topological polar surface area (TPSA) is 85.1 Å². The van der Waals surface area contributed by atoms with Crippen LogP contribution in [0.25, 0.3) is 0 Å². The van der Waals surface area contributed by atoms with E-state index in [4.69, 9.17) is 5.73 Å². The van der Waals surface area contributed by atoms with Gasteiger partial charge in [0.1, 0.15) is 5.82 Å². The molecular weight excluding hydrogens is 354 g/mol. The van der Waals surface area contributed by atoms with E-state index in [-0.39, 0.29) is 16.8 Å². The summed E-state index contributed by atoms with van der Waals surface area (Å²) >= 11 is 3.32. The predicted octanol–water partition coefficient (Wildman–Crippen LogP) is 2.97. The van der Waals surface area contributed by atoms with Gasteiger partial charge in [-0.1, -0.05) is 12.1 Å². The van der Waals surface area contributed by atoms with Crippen LogP contribution in [0.3, 0.4) is 0 Å². The van der Waals surface area contributed by atoms with Gasteiger partial charge < -0.3 is 5.73 Å². The molecule has 112 valence electrons. The van der Waals surface area contributed by atoms with E-state index in [2.05, 4.69) is 25.6 Å². The molecule has 0 fully saturated rings. The highest BCUT2D eigenvalue weighted by molar-refractivity contribution is 9.10. The van der Waals surface area contributed by atoms with E-state index in [0.717, 1.165) is 10.0 Å². The van der Waals surface area contributed by atoms with Crippen LogP contribution in [-0.2, 0) is 10.0 Å². The van der Waals surface area contributed by atoms with Crippen LogP contribution in [-0.4, -0.2) is 13.4 Å². The van der Waals surface area contributed by atoms with Crippen LogP contribution in [0.5, 0.6) is 0 Å². The van der Waals surface area contributed by atoms with Gasteiger partial charge in [-0.25, -0.2) is 13.4 Å². The molecule has 0 aliphatic rings. The minimum Gasteiger partial charge on any atom is -0.324 e. The summed E-state index contributed by atoms with van der Waals surface area (Å²) in [6, 6.07) is 9.70. The fourth-order valence-electron chi connectivity index (χ4n) is 1.75. The van der Waals surface area contributed by atoms with Crippen molar-refractivity contribution in [3.05, 3.63) is 52.1 Å². The summed E-state index contributed by atoms with van der Waals surface area (Å²) < 4.78 is 27.9. The third kappa shape index (κ3) is 3.81. The van der Waals surface area contributed by atoms with Crippen molar-refractivity contribution < 1.29 is 8.42 Å². The number of aryl methyl sites for hydroxylation is 1. The zero-order valence-corrected chi connectivity index (χ0v) is 14.1. The Bertz CT molecular complexity index is 743. The molecular formula is C14H16BrN3O2S. The fourth-order valence-corrected chi connectivity index (χ4v) is 2.97. The number of nitrogens with two attached hydrogens (primary N) is 1. The molecule has 0 radical (unpaired) electrons. The number of halogens is 1. The number of nitrogens with zero attached hydrogens (tertiary/aromatic N) is 1. The van der Waals surface area contributed by atoms with Crippen molar-refractivity contribution in [3.8, 4) is 0 Å². The molecule has 0 aliphatic carbocycles. The van der Waals surface area contributed by atoms with Gasteiger partial charge in [0, 0.05) is 10.5 Å². The fraction of sp³-hybridized carbons (Fsp3) is 0.214. The van der Waals surface area contributed by atoms with Gasteiger partial charge in [0.05, 0.1) is 10.6 Å². The lowest BCUT2D eigenvalue weighted by molar-refractivity contribution is 0.601. The first-order chi connectivity index (χ1) is 9.79. The van der Waals surface area contributed by atoms with E-state index in [1.165, 1.54) is 12.1 Å². The Morgan fingerprint density at radius 1 is 1.19 bits per heavy atom. The summed E-state index contributed by atoms with van der Waals surface area (Å²) in [5, 5.41) is 0. The quantitative estimate of drug-likeness (QED) is 0.867.